The van der Waals surface area contributed by atoms with Crippen molar-refractivity contribution in [1.82, 2.24) is 19.7 Å². The maximum Gasteiger partial charge on any atom is 0.220 e. The smallest absolute Gasteiger partial charge is 0.220 e. The van der Waals surface area contributed by atoms with Gasteiger partial charge in [-0.3, -0.25) is 4.99 Å². The fourth-order valence-electron chi connectivity index (χ4n) is 3.60. The predicted molar refractivity (Wildman–Crippen MR) is 122 cm³/mol. The fourth-order valence-corrected chi connectivity index (χ4v) is 5.02. The standard InChI is InChI=1S/C18H33N5O3S.HI/c1-15(2)12-18(3,4)14-20-17(19-5)22-7-9-23(10-8-22)27(24,25)13-16-6-11-26-21-16;/h6,11,15H,7-10,12-14H2,1-5H3,(H,19,20);1H. The van der Waals surface area contributed by atoms with Crippen LogP contribution in [0.4, 0.5) is 0 Å². The van der Waals surface area contributed by atoms with Crippen LogP contribution in [0.3, 0.4) is 0 Å². The molecule has 1 aliphatic heterocycles. The highest BCUT2D eigenvalue weighted by molar-refractivity contribution is 14.0. The zero-order valence-electron chi connectivity index (χ0n) is 17.5. The van der Waals surface area contributed by atoms with E-state index in [1.54, 1.807) is 13.1 Å². The molecule has 1 aromatic heterocycles. The molecule has 0 unspecified atom stereocenters. The lowest BCUT2D eigenvalue weighted by Crippen LogP contribution is -2.54. The predicted octanol–water partition coefficient (Wildman–Crippen LogP) is 2.39. The van der Waals surface area contributed by atoms with Crippen LogP contribution in [0.1, 0.15) is 39.8 Å². The number of piperazine rings is 1. The van der Waals surface area contributed by atoms with E-state index >= 15 is 0 Å². The summed E-state index contributed by atoms with van der Waals surface area (Å²) in [5.41, 5.74) is 0.606. The van der Waals surface area contributed by atoms with Gasteiger partial charge in [0.25, 0.3) is 0 Å². The summed E-state index contributed by atoms with van der Waals surface area (Å²) >= 11 is 0. The topological polar surface area (TPSA) is 91.0 Å². The second-order valence-corrected chi connectivity index (χ2v) is 10.3. The lowest BCUT2D eigenvalue weighted by atomic mass is 9.84. The number of rotatable bonds is 7. The van der Waals surface area contributed by atoms with Gasteiger partial charge in [-0.1, -0.05) is 32.9 Å². The van der Waals surface area contributed by atoms with E-state index in [1.807, 2.05) is 0 Å². The van der Waals surface area contributed by atoms with Crippen LogP contribution in [0, 0.1) is 11.3 Å². The molecule has 0 aliphatic carbocycles. The third kappa shape index (κ3) is 7.51. The maximum atomic E-state index is 12.5. The summed E-state index contributed by atoms with van der Waals surface area (Å²) in [5.74, 6) is 1.35. The fraction of sp³-hybridized carbons (Fsp3) is 0.778. The van der Waals surface area contributed by atoms with Crippen LogP contribution < -0.4 is 5.32 Å². The van der Waals surface area contributed by atoms with Crippen molar-refractivity contribution in [2.75, 3.05) is 39.8 Å². The van der Waals surface area contributed by atoms with E-state index < -0.39 is 10.0 Å². The first kappa shape index (κ1) is 25.2. The van der Waals surface area contributed by atoms with E-state index in [-0.39, 0.29) is 35.1 Å². The molecular formula is C18H34IN5O3S. The SMILES string of the molecule is CN=C(NCC(C)(C)CC(C)C)N1CCN(S(=O)(=O)Cc2ccon2)CC1.I. The number of hydrogen-bond donors (Lipinski definition) is 1. The van der Waals surface area contributed by atoms with Crippen molar-refractivity contribution in [3.05, 3.63) is 18.0 Å². The molecule has 0 radical (unpaired) electrons. The van der Waals surface area contributed by atoms with Crippen LogP contribution in [-0.2, 0) is 15.8 Å². The van der Waals surface area contributed by atoms with Crippen molar-refractivity contribution < 1.29 is 12.9 Å². The lowest BCUT2D eigenvalue weighted by molar-refractivity contribution is 0.249. The molecule has 0 bridgehead atoms. The van der Waals surface area contributed by atoms with Gasteiger partial charge < -0.3 is 14.7 Å². The van der Waals surface area contributed by atoms with E-state index in [9.17, 15) is 8.42 Å². The van der Waals surface area contributed by atoms with E-state index in [1.165, 1.54) is 10.6 Å². The minimum absolute atomic E-state index is 0. The largest absolute Gasteiger partial charge is 0.364 e. The molecule has 0 atom stereocenters. The first-order valence-electron chi connectivity index (χ1n) is 9.45. The van der Waals surface area contributed by atoms with Crippen molar-refractivity contribution in [2.24, 2.45) is 16.3 Å². The van der Waals surface area contributed by atoms with Crippen LogP contribution in [0.2, 0.25) is 0 Å². The minimum atomic E-state index is -3.39. The number of halogens is 1. The summed E-state index contributed by atoms with van der Waals surface area (Å²) in [5, 5.41) is 7.16. The third-order valence-electron chi connectivity index (χ3n) is 4.65. The van der Waals surface area contributed by atoms with Crippen molar-refractivity contribution >= 4 is 40.0 Å². The zero-order chi connectivity index (χ0) is 20.1. The molecule has 1 aliphatic rings. The average Bonchev–Trinajstić information content (AvgIpc) is 3.07. The molecule has 162 valence electrons. The molecule has 8 nitrogen and oxygen atoms in total. The van der Waals surface area contributed by atoms with Crippen LogP contribution >= 0.6 is 24.0 Å². The molecule has 10 heteroatoms. The first-order chi connectivity index (χ1) is 12.6. The van der Waals surface area contributed by atoms with Crippen molar-refractivity contribution in [2.45, 2.75) is 39.9 Å². The molecule has 0 amide bonds. The number of nitrogens with zero attached hydrogens (tertiary/aromatic N) is 4. The van der Waals surface area contributed by atoms with E-state index in [0.29, 0.717) is 37.8 Å². The summed E-state index contributed by atoms with van der Waals surface area (Å²) < 4.78 is 31.3. The molecule has 0 spiro atoms. The van der Waals surface area contributed by atoms with Gasteiger partial charge in [-0.15, -0.1) is 24.0 Å². The van der Waals surface area contributed by atoms with Crippen molar-refractivity contribution in [3.8, 4) is 0 Å². The highest BCUT2D eigenvalue weighted by Crippen LogP contribution is 2.24. The average molecular weight is 527 g/mol. The van der Waals surface area contributed by atoms with Gasteiger partial charge in [0.05, 0.1) is 5.69 Å². The summed E-state index contributed by atoms with van der Waals surface area (Å²) in [4.78, 5) is 6.50. The first-order valence-corrected chi connectivity index (χ1v) is 11.1. The molecule has 2 rings (SSSR count). The number of guanidine groups is 1. The van der Waals surface area contributed by atoms with Gasteiger partial charge in [0, 0.05) is 45.8 Å². The Balaban J connectivity index is 0.00000392. The maximum absolute atomic E-state index is 12.5. The summed E-state index contributed by atoms with van der Waals surface area (Å²) in [6.07, 6.45) is 2.52. The van der Waals surface area contributed by atoms with Crippen molar-refractivity contribution in [3.63, 3.8) is 0 Å². The van der Waals surface area contributed by atoms with Crippen LogP contribution in [0.15, 0.2) is 21.8 Å². The monoisotopic (exact) mass is 527 g/mol. The molecule has 1 saturated heterocycles. The second kappa shape index (κ2) is 10.8. The highest BCUT2D eigenvalue weighted by Gasteiger charge is 2.29. The Hall–Kier alpha value is -0.880. The van der Waals surface area contributed by atoms with Gasteiger partial charge in [-0.25, -0.2) is 8.42 Å². The number of aliphatic imine (C=N–C) groups is 1. The number of aromatic nitrogens is 1. The van der Waals surface area contributed by atoms with Gasteiger partial charge in [-0.05, 0) is 17.8 Å². The Morgan fingerprint density at radius 2 is 1.96 bits per heavy atom. The molecule has 0 aromatic carbocycles. The Bertz CT molecular complexity index is 712. The lowest BCUT2D eigenvalue weighted by Gasteiger charge is -2.37. The van der Waals surface area contributed by atoms with E-state index in [0.717, 1.165) is 18.9 Å². The molecule has 1 fully saturated rings. The molecule has 28 heavy (non-hydrogen) atoms. The van der Waals surface area contributed by atoms with Gasteiger partial charge in [0.2, 0.25) is 10.0 Å². The summed E-state index contributed by atoms with van der Waals surface area (Å²) in [6.45, 7) is 11.9. The summed E-state index contributed by atoms with van der Waals surface area (Å²) in [7, 11) is -1.62. The van der Waals surface area contributed by atoms with E-state index in [4.69, 9.17) is 4.52 Å². The molecule has 1 N–H and O–H groups in total. The number of nitrogens with one attached hydrogen (secondary N) is 1. The summed E-state index contributed by atoms with van der Waals surface area (Å²) in [6, 6.07) is 1.58. The van der Waals surface area contributed by atoms with Gasteiger partial charge in [-0.2, -0.15) is 4.31 Å². The van der Waals surface area contributed by atoms with Gasteiger partial charge >= 0.3 is 0 Å². The quantitative estimate of drug-likeness (QED) is 0.333. The molecule has 0 saturated carbocycles. The molecule has 2 heterocycles. The molecule has 1 aromatic rings. The number of hydrogen-bond acceptors (Lipinski definition) is 5. The Morgan fingerprint density at radius 1 is 1.32 bits per heavy atom. The van der Waals surface area contributed by atoms with Crippen LogP contribution in [0.5, 0.6) is 0 Å². The van der Waals surface area contributed by atoms with Gasteiger partial charge in [0.15, 0.2) is 5.96 Å². The Morgan fingerprint density at radius 3 is 2.46 bits per heavy atom. The van der Waals surface area contributed by atoms with Crippen molar-refractivity contribution in [1.29, 1.82) is 0 Å². The van der Waals surface area contributed by atoms with Gasteiger partial charge in [0.1, 0.15) is 12.0 Å². The Kier molecular flexibility index (Phi) is 9.68. The molecular weight excluding hydrogens is 493 g/mol. The van der Waals surface area contributed by atoms with Crippen LogP contribution in [-0.4, -0.2) is 68.5 Å². The highest BCUT2D eigenvalue weighted by atomic mass is 127. The third-order valence-corrected chi connectivity index (χ3v) is 6.46. The minimum Gasteiger partial charge on any atom is -0.364 e. The zero-order valence-corrected chi connectivity index (χ0v) is 20.7. The van der Waals surface area contributed by atoms with Crippen LogP contribution in [0.25, 0.3) is 0 Å². The number of sulfonamides is 1. The second-order valence-electron chi connectivity index (χ2n) is 8.30. The Labute approximate surface area is 186 Å². The van der Waals surface area contributed by atoms with E-state index in [2.05, 4.69) is 48.1 Å². The normalized spacial score (nSPS) is 16.9.